The van der Waals surface area contributed by atoms with Gasteiger partial charge >= 0.3 is 17.4 Å². The zero-order valence-corrected chi connectivity index (χ0v) is 33.9. The van der Waals surface area contributed by atoms with Crippen molar-refractivity contribution in [2.75, 3.05) is 0 Å². The fourth-order valence-corrected chi connectivity index (χ4v) is 8.12. The van der Waals surface area contributed by atoms with Gasteiger partial charge < -0.3 is 0 Å². The molecule has 0 atom stereocenters. The van der Waals surface area contributed by atoms with Crippen LogP contribution in [0.4, 0.5) is 0 Å². The van der Waals surface area contributed by atoms with Crippen molar-refractivity contribution in [1.82, 2.24) is 0 Å². The molecule has 0 saturated heterocycles. The van der Waals surface area contributed by atoms with Gasteiger partial charge in [-0.05, 0) is 11.1 Å². The van der Waals surface area contributed by atoms with Gasteiger partial charge in [0.15, 0.2) is 0 Å². The number of hydrogen-bond acceptors (Lipinski definition) is 0. The van der Waals surface area contributed by atoms with Crippen molar-refractivity contribution in [2.45, 2.75) is 0 Å². The summed E-state index contributed by atoms with van der Waals surface area (Å²) in [5.74, 6) is 0. The van der Waals surface area contributed by atoms with Gasteiger partial charge in [-0.2, -0.15) is 0 Å². The molecule has 10 aromatic carbocycles. The molecule has 0 radical (unpaired) electrons. The standard InChI is InChI=1S/2C29H21.Cr/c2*1-5-13-22(14-6-1)26-21-27(23-15-7-2-8-16-23)29(25-19-11-4-12-20-25)28(26)24-17-9-3-10-18-24;/h2*1-21H;/q2*-1;+2. The maximum absolute atomic E-state index is 2.36. The molecule has 280 valence electrons. The molecule has 0 aliphatic carbocycles. The van der Waals surface area contributed by atoms with Gasteiger partial charge in [-0.25, -0.2) is 0 Å². The zero-order valence-electron chi connectivity index (χ0n) is 32.7. The van der Waals surface area contributed by atoms with Gasteiger partial charge in [-0.3, -0.25) is 0 Å². The number of hydrogen-bond donors (Lipinski definition) is 0. The Morgan fingerprint density at radius 2 is 0.441 bits per heavy atom. The van der Waals surface area contributed by atoms with Crippen LogP contribution in [0.2, 0.25) is 0 Å². The predicted molar refractivity (Wildman–Crippen MR) is 248 cm³/mol. The van der Waals surface area contributed by atoms with Crippen molar-refractivity contribution >= 4 is 0 Å². The van der Waals surface area contributed by atoms with Crippen LogP contribution in [0.5, 0.6) is 0 Å². The van der Waals surface area contributed by atoms with Crippen LogP contribution in [-0.4, -0.2) is 0 Å². The molecular formula is C58H42Cr. The summed E-state index contributed by atoms with van der Waals surface area (Å²) in [4.78, 5) is 0. The molecule has 10 rings (SSSR count). The largest absolute Gasteiger partial charge is 2.00 e. The van der Waals surface area contributed by atoms with Crippen molar-refractivity contribution in [3.8, 4) is 89.0 Å². The summed E-state index contributed by atoms with van der Waals surface area (Å²) >= 11 is 0. The van der Waals surface area contributed by atoms with Crippen LogP contribution < -0.4 is 0 Å². The van der Waals surface area contributed by atoms with Gasteiger partial charge in [0, 0.05) is 0 Å². The van der Waals surface area contributed by atoms with Crippen LogP contribution in [0.15, 0.2) is 255 Å². The summed E-state index contributed by atoms with van der Waals surface area (Å²) in [6.07, 6.45) is 0. The fourth-order valence-electron chi connectivity index (χ4n) is 8.12. The summed E-state index contributed by atoms with van der Waals surface area (Å²) in [6, 6.07) is 90.5. The second kappa shape index (κ2) is 18.5. The molecule has 59 heavy (non-hydrogen) atoms. The first-order valence-electron chi connectivity index (χ1n) is 19.9. The Kier molecular flexibility index (Phi) is 12.2. The van der Waals surface area contributed by atoms with E-state index in [0.29, 0.717) is 0 Å². The Balaban J connectivity index is 0.000000161. The van der Waals surface area contributed by atoms with Crippen molar-refractivity contribution in [1.29, 1.82) is 0 Å². The normalized spacial score (nSPS) is 10.6. The average molecular weight is 791 g/mol. The van der Waals surface area contributed by atoms with Crippen molar-refractivity contribution in [3.63, 3.8) is 0 Å². The SMILES string of the molecule is [Cr+2].c1ccc(-c2cc(-c3ccccc3)[c-](-c3ccccc3)c2-c2ccccc2)cc1.c1ccc(-c2cc(-c3ccccc3)[c-](-c3ccccc3)c2-c2ccccc2)cc1. The minimum Gasteiger partial charge on any atom is -0.115 e. The molecule has 0 fully saturated rings. The number of benzene rings is 8. The molecule has 1 heteroatoms. The van der Waals surface area contributed by atoms with E-state index in [1.54, 1.807) is 0 Å². The van der Waals surface area contributed by atoms with E-state index >= 15 is 0 Å². The van der Waals surface area contributed by atoms with Crippen molar-refractivity contribution in [3.05, 3.63) is 255 Å². The maximum atomic E-state index is 2.36. The molecule has 0 heterocycles. The van der Waals surface area contributed by atoms with Crippen LogP contribution in [0, 0.1) is 0 Å². The van der Waals surface area contributed by atoms with E-state index in [9.17, 15) is 0 Å². The molecule has 0 nitrogen and oxygen atoms in total. The Hall–Kier alpha value is -7.01. The zero-order chi connectivity index (χ0) is 38.9. The van der Waals surface area contributed by atoms with Gasteiger partial charge in [0.2, 0.25) is 0 Å². The summed E-state index contributed by atoms with van der Waals surface area (Å²) in [7, 11) is 0. The molecule has 0 unspecified atom stereocenters. The minimum atomic E-state index is 0. The summed E-state index contributed by atoms with van der Waals surface area (Å²) in [5.41, 5.74) is 20.2. The quantitative estimate of drug-likeness (QED) is 0.135. The first kappa shape index (κ1) is 38.8. The van der Waals surface area contributed by atoms with E-state index in [-0.39, 0.29) is 17.4 Å². The van der Waals surface area contributed by atoms with E-state index in [4.69, 9.17) is 0 Å². The van der Waals surface area contributed by atoms with Crippen LogP contribution in [0.1, 0.15) is 0 Å². The second-order valence-corrected chi connectivity index (χ2v) is 14.4. The Morgan fingerprint density at radius 3 is 0.712 bits per heavy atom. The van der Waals surface area contributed by atoms with Crippen LogP contribution in [-0.2, 0) is 17.4 Å². The van der Waals surface area contributed by atoms with Crippen molar-refractivity contribution in [2.24, 2.45) is 0 Å². The van der Waals surface area contributed by atoms with E-state index in [0.717, 1.165) is 0 Å². The minimum absolute atomic E-state index is 0. The average Bonchev–Trinajstić information content (AvgIpc) is 3.93. The first-order valence-corrected chi connectivity index (χ1v) is 19.9. The van der Waals surface area contributed by atoms with E-state index in [1.165, 1.54) is 89.0 Å². The number of rotatable bonds is 8. The van der Waals surface area contributed by atoms with Gasteiger partial charge in [-0.15, -0.1) is 12.1 Å². The predicted octanol–water partition coefficient (Wildman–Crippen LogP) is 16.1. The Morgan fingerprint density at radius 1 is 0.220 bits per heavy atom. The van der Waals surface area contributed by atoms with Crippen LogP contribution in [0.3, 0.4) is 0 Å². The molecular weight excluding hydrogens is 749 g/mol. The smallest absolute Gasteiger partial charge is 0.115 e. The van der Waals surface area contributed by atoms with Crippen molar-refractivity contribution < 1.29 is 17.4 Å². The third-order valence-corrected chi connectivity index (χ3v) is 10.7. The summed E-state index contributed by atoms with van der Waals surface area (Å²) in [5, 5.41) is 0. The Bertz CT molecular complexity index is 2410. The maximum Gasteiger partial charge on any atom is 2.00 e. The second-order valence-electron chi connectivity index (χ2n) is 14.4. The molecule has 10 aromatic rings. The molecule has 0 spiro atoms. The fraction of sp³-hybridized carbons (Fsp3) is 0. The van der Waals surface area contributed by atoms with E-state index in [1.807, 2.05) is 0 Å². The molecule has 0 bridgehead atoms. The van der Waals surface area contributed by atoms with E-state index < -0.39 is 0 Å². The van der Waals surface area contributed by atoms with Crippen LogP contribution in [0.25, 0.3) is 89.0 Å². The van der Waals surface area contributed by atoms with Crippen LogP contribution >= 0.6 is 0 Å². The first-order chi connectivity index (χ1) is 28.8. The molecule has 0 N–H and O–H groups in total. The molecule has 0 aliphatic heterocycles. The molecule has 0 aromatic heterocycles. The topological polar surface area (TPSA) is 0 Å². The van der Waals surface area contributed by atoms with Gasteiger partial charge in [0.25, 0.3) is 0 Å². The molecule has 0 amide bonds. The van der Waals surface area contributed by atoms with Gasteiger partial charge in [0.05, 0.1) is 0 Å². The monoisotopic (exact) mass is 790 g/mol. The van der Waals surface area contributed by atoms with Gasteiger partial charge in [0.1, 0.15) is 0 Å². The third kappa shape index (κ3) is 8.36. The molecule has 0 saturated carbocycles. The van der Waals surface area contributed by atoms with Gasteiger partial charge in [-0.1, -0.05) is 321 Å². The summed E-state index contributed by atoms with van der Waals surface area (Å²) in [6.45, 7) is 0. The molecule has 0 aliphatic rings. The summed E-state index contributed by atoms with van der Waals surface area (Å²) < 4.78 is 0. The van der Waals surface area contributed by atoms with E-state index in [2.05, 4.69) is 255 Å². The third-order valence-electron chi connectivity index (χ3n) is 10.7. The Labute approximate surface area is 359 Å².